The monoisotopic (exact) mass is 209 g/mol. The van der Waals surface area contributed by atoms with Gasteiger partial charge in [0.05, 0.1) is 11.3 Å². The van der Waals surface area contributed by atoms with Gasteiger partial charge in [0.15, 0.2) is 0 Å². The molecular formula is C11H12FNS. The molecule has 1 rings (SSSR count). The van der Waals surface area contributed by atoms with Crippen LogP contribution in [-0.4, -0.2) is 5.25 Å². The van der Waals surface area contributed by atoms with Gasteiger partial charge >= 0.3 is 0 Å². The van der Waals surface area contributed by atoms with Gasteiger partial charge < -0.3 is 0 Å². The molecule has 0 heterocycles. The molecule has 0 aliphatic heterocycles. The zero-order chi connectivity index (χ0) is 10.6. The average molecular weight is 209 g/mol. The van der Waals surface area contributed by atoms with Gasteiger partial charge in [0.1, 0.15) is 5.82 Å². The summed E-state index contributed by atoms with van der Waals surface area (Å²) in [6.07, 6.45) is 0.804. The zero-order valence-corrected chi connectivity index (χ0v) is 9.07. The van der Waals surface area contributed by atoms with Crippen molar-refractivity contribution in [3.8, 4) is 6.07 Å². The Morgan fingerprint density at radius 1 is 1.57 bits per heavy atom. The Morgan fingerprint density at radius 2 is 2.29 bits per heavy atom. The third-order valence-electron chi connectivity index (χ3n) is 1.92. The van der Waals surface area contributed by atoms with Gasteiger partial charge in [0.25, 0.3) is 0 Å². The molecule has 0 aliphatic carbocycles. The average Bonchev–Trinajstić information content (AvgIpc) is 2.17. The summed E-state index contributed by atoms with van der Waals surface area (Å²) in [5.74, 6) is -0.225. The molecule has 1 nitrogen and oxygen atoms in total. The van der Waals surface area contributed by atoms with Gasteiger partial charge in [0.2, 0.25) is 0 Å². The number of thioether (sulfide) groups is 1. The highest BCUT2D eigenvalue weighted by molar-refractivity contribution is 8.00. The maximum Gasteiger partial charge on any atom is 0.123 e. The Bertz CT molecular complexity index is 357. The second kappa shape index (κ2) is 5.02. The van der Waals surface area contributed by atoms with Crippen LogP contribution in [0.2, 0.25) is 0 Å². The van der Waals surface area contributed by atoms with E-state index >= 15 is 0 Å². The van der Waals surface area contributed by atoms with Crippen molar-refractivity contribution in [3.63, 3.8) is 0 Å². The van der Waals surface area contributed by atoms with Crippen LogP contribution in [0.1, 0.15) is 18.9 Å². The molecule has 0 aromatic heterocycles. The Morgan fingerprint density at radius 3 is 2.79 bits per heavy atom. The number of halogens is 1. The van der Waals surface area contributed by atoms with Crippen molar-refractivity contribution < 1.29 is 4.39 Å². The Labute approximate surface area is 87.9 Å². The highest BCUT2D eigenvalue weighted by Gasteiger charge is 2.08. The van der Waals surface area contributed by atoms with Crippen molar-refractivity contribution in [1.29, 1.82) is 5.26 Å². The molecule has 0 aliphatic rings. The van der Waals surface area contributed by atoms with Crippen LogP contribution in [0.5, 0.6) is 0 Å². The fourth-order valence-electron chi connectivity index (χ4n) is 1.10. The van der Waals surface area contributed by atoms with Crippen molar-refractivity contribution in [2.24, 2.45) is 0 Å². The summed E-state index contributed by atoms with van der Waals surface area (Å²) in [5.41, 5.74) is 0.892. The molecule has 1 aromatic rings. The molecule has 0 amide bonds. The molecule has 1 aromatic carbocycles. The Balaban J connectivity index is 2.82. The summed E-state index contributed by atoms with van der Waals surface area (Å²) in [6.45, 7) is 3.83. The van der Waals surface area contributed by atoms with E-state index in [9.17, 15) is 4.39 Å². The van der Waals surface area contributed by atoms with E-state index in [4.69, 9.17) is 5.26 Å². The van der Waals surface area contributed by atoms with Crippen LogP contribution in [0, 0.1) is 24.1 Å². The van der Waals surface area contributed by atoms with Gasteiger partial charge in [-0.25, -0.2) is 4.39 Å². The van der Waals surface area contributed by atoms with Crippen molar-refractivity contribution in [1.82, 2.24) is 0 Å². The van der Waals surface area contributed by atoms with E-state index in [2.05, 4.69) is 6.07 Å². The van der Waals surface area contributed by atoms with Gasteiger partial charge in [-0.2, -0.15) is 5.26 Å². The molecular weight excluding hydrogens is 197 g/mol. The normalized spacial score (nSPS) is 12.1. The van der Waals surface area contributed by atoms with Crippen molar-refractivity contribution in [3.05, 3.63) is 29.6 Å². The first-order chi connectivity index (χ1) is 6.67. The molecule has 1 atom stereocenters. The van der Waals surface area contributed by atoms with Crippen molar-refractivity contribution >= 4 is 11.8 Å². The van der Waals surface area contributed by atoms with Crippen LogP contribution < -0.4 is 0 Å². The first-order valence-corrected chi connectivity index (χ1v) is 5.37. The third kappa shape index (κ3) is 2.74. The van der Waals surface area contributed by atoms with E-state index in [0.717, 1.165) is 16.9 Å². The Kier molecular flexibility index (Phi) is 3.97. The molecule has 0 fully saturated rings. The van der Waals surface area contributed by atoms with Gasteiger partial charge in [0, 0.05) is 4.90 Å². The summed E-state index contributed by atoms with van der Waals surface area (Å²) in [5, 5.41) is 8.75. The Hall–Kier alpha value is -1.01. The molecule has 0 N–H and O–H groups in total. The quantitative estimate of drug-likeness (QED) is 0.711. The van der Waals surface area contributed by atoms with E-state index in [1.807, 2.05) is 13.8 Å². The van der Waals surface area contributed by atoms with Gasteiger partial charge in [-0.3, -0.25) is 0 Å². The predicted molar refractivity (Wildman–Crippen MR) is 56.7 cm³/mol. The topological polar surface area (TPSA) is 23.8 Å². The molecule has 0 spiro atoms. The number of aryl methyl sites for hydroxylation is 1. The summed E-state index contributed by atoms with van der Waals surface area (Å²) >= 11 is 1.50. The zero-order valence-electron chi connectivity index (χ0n) is 8.25. The molecule has 0 saturated heterocycles. The van der Waals surface area contributed by atoms with Crippen LogP contribution in [0.15, 0.2) is 23.1 Å². The second-order valence-corrected chi connectivity index (χ2v) is 4.30. The van der Waals surface area contributed by atoms with Gasteiger partial charge in [-0.05, 0) is 37.1 Å². The molecule has 1 unspecified atom stereocenters. The highest BCUT2D eigenvalue weighted by Crippen LogP contribution is 2.28. The number of nitriles is 1. The standard InChI is InChI=1S/C11H12FNS/c1-3-10(7-13)14-11-5-4-9(12)6-8(11)2/h4-6,10H,3H2,1-2H3. The van der Waals surface area contributed by atoms with Crippen molar-refractivity contribution in [2.75, 3.05) is 0 Å². The second-order valence-electron chi connectivity index (χ2n) is 3.05. The molecule has 3 heteroatoms. The molecule has 14 heavy (non-hydrogen) atoms. The maximum absolute atomic E-state index is 12.8. The van der Waals surface area contributed by atoms with Gasteiger partial charge in [-0.1, -0.05) is 6.92 Å². The van der Waals surface area contributed by atoms with E-state index in [0.29, 0.717) is 0 Å². The lowest BCUT2D eigenvalue weighted by molar-refractivity contribution is 0.625. The van der Waals surface area contributed by atoms with Crippen LogP contribution in [0.3, 0.4) is 0 Å². The fourth-order valence-corrected chi connectivity index (χ4v) is 2.02. The van der Waals surface area contributed by atoms with E-state index in [1.165, 1.54) is 23.9 Å². The molecule has 0 bridgehead atoms. The lowest BCUT2D eigenvalue weighted by atomic mass is 10.2. The van der Waals surface area contributed by atoms with E-state index < -0.39 is 0 Å². The fraction of sp³-hybridized carbons (Fsp3) is 0.364. The van der Waals surface area contributed by atoms with Crippen LogP contribution in [-0.2, 0) is 0 Å². The summed E-state index contributed by atoms with van der Waals surface area (Å²) < 4.78 is 12.8. The minimum atomic E-state index is -0.225. The lowest BCUT2D eigenvalue weighted by Crippen LogP contribution is -1.96. The number of benzene rings is 1. The van der Waals surface area contributed by atoms with Crippen LogP contribution >= 0.6 is 11.8 Å². The number of hydrogen-bond donors (Lipinski definition) is 0. The minimum Gasteiger partial charge on any atom is -0.207 e. The SMILES string of the molecule is CCC(C#N)Sc1ccc(F)cc1C. The molecule has 0 saturated carbocycles. The maximum atomic E-state index is 12.8. The van der Waals surface area contributed by atoms with E-state index in [1.54, 1.807) is 6.07 Å². The van der Waals surface area contributed by atoms with Crippen molar-refractivity contribution in [2.45, 2.75) is 30.4 Å². The number of nitrogens with zero attached hydrogens (tertiary/aromatic N) is 1. The van der Waals surface area contributed by atoms with Crippen LogP contribution in [0.25, 0.3) is 0 Å². The number of hydrogen-bond acceptors (Lipinski definition) is 2. The summed E-state index contributed by atoms with van der Waals surface area (Å²) in [7, 11) is 0. The third-order valence-corrected chi connectivity index (χ3v) is 3.36. The smallest absolute Gasteiger partial charge is 0.123 e. The number of rotatable bonds is 3. The highest BCUT2D eigenvalue weighted by atomic mass is 32.2. The summed E-state index contributed by atoms with van der Waals surface area (Å²) in [4.78, 5) is 0.986. The van der Waals surface area contributed by atoms with E-state index in [-0.39, 0.29) is 11.1 Å². The van der Waals surface area contributed by atoms with Gasteiger partial charge in [-0.15, -0.1) is 11.8 Å². The summed E-state index contributed by atoms with van der Waals surface area (Å²) in [6, 6.07) is 6.87. The lowest BCUT2D eigenvalue weighted by Gasteiger charge is -2.08. The first-order valence-electron chi connectivity index (χ1n) is 4.49. The predicted octanol–water partition coefficient (Wildman–Crippen LogP) is 3.53. The minimum absolute atomic E-state index is 0.0424. The van der Waals surface area contributed by atoms with Crippen LogP contribution in [0.4, 0.5) is 4.39 Å². The molecule has 74 valence electrons. The first kappa shape index (κ1) is 11.1. The largest absolute Gasteiger partial charge is 0.207 e. The molecule has 0 radical (unpaired) electrons.